The molecular formula is C10H14O3PTi+. The molecule has 0 N–H and O–H groups in total. The fourth-order valence-corrected chi connectivity index (χ4v) is 1.89. The molecule has 3 nitrogen and oxygen atoms in total. The van der Waals surface area contributed by atoms with Gasteiger partial charge < -0.3 is 0 Å². The SMILES string of the molecule is C[P+](C)(C)C(=O)c1ccccc1.[O]=[Ti]=[O]. The molecule has 0 fully saturated rings. The summed E-state index contributed by atoms with van der Waals surface area (Å²) in [5.74, 6) is 0. The van der Waals surface area contributed by atoms with Crippen LogP contribution in [-0.4, -0.2) is 25.5 Å². The molecule has 0 saturated carbocycles. The fourth-order valence-electron chi connectivity index (χ4n) is 0.968. The van der Waals surface area contributed by atoms with Crippen LogP contribution < -0.4 is 0 Å². The minimum atomic E-state index is -2.00. The molecule has 15 heavy (non-hydrogen) atoms. The quantitative estimate of drug-likeness (QED) is 0.607. The van der Waals surface area contributed by atoms with Crippen molar-refractivity contribution in [3.8, 4) is 0 Å². The molecule has 5 heteroatoms. The second-order valence-corrected chi connectivity index (χ2v) is 8.46. The monoisotopic (exact) mass is 261 g/mol. The van der Waals surface area contributed by atoms with Gasteiger partial charge in [-0.15, -0.1) is 0 Å². The number of carbonyl (C=O) groups excluding carboxylic acids is 1. The molecule has 1 aromatic carbocycles. The summed E-state index contributed by atoms with van der Waals surface area (Å²) in [4.78, 5) is 11.7. The van der Waals surface area contributed by atoms with Gasteiger partial charge in [-0.1, -0.05) is 18.2 Å². The van der Waals surface area contributed by atoms with Crippen LogP contribution in [0.5, 0.6) is 0 Å². The molecule has 0 spiro atoms. The van der Waals surface area contributed by atoms with Gasteiger partial charge in [0.2, 0.25) is 0 Å². The zero-order valence-electron chi connectivity index (χ0n) is 9.06. The van der Waals surface area contributed by atoms with E-state index >= 15 is 0 Å². The molecule has 80 valence electrons. The van der Waals surface area contributed by atoms with Gasteiger partial charge in [0.1, 0.15) is 0 Å². The molecular weight excluding hydrogens is 247 g/mol. The molecule has 0 aliphatic rings. The van der Waals surface area contributed by atoms with Gasteiger partial charge in [0, 0.05) is 0 Å². The zero-order valence-corrected chi connectivity index (χ0v) is 11.5. The Labute approximate surface area is 99.2 Å². The third-order valence-corrected chi connectivity index (χ3v) is 3.11. The van der Waals surface area contributed by atoms with Crippen molar-refractivity contribution in [1.29, 1.82) is 0 Å². The minimum absolute atomic E-state index is 0.308. The predicted molar refractivity (Wildman–Crippen MR) is 56.8 cm³/mol. The first kappa shape index (κ1) is 14.6. The molecule has 1 aromatic rings. The van der Waals surface area contributed by atoms with Gasteiger partial charge >= 0.3 is 25.7 Å². The Balaban J connectivity index is 0.000000583. The summed E-state index contributed by atoms with van der Waals surface area (Å²) in [6, 6.07) is 9.50. The summed E-state index contributed by atoms with van der Waals surface area (Å²) >= 11 is -2.00. The van der Waals surface area contributed by atoms with Crippen LogP contribution in [0.4, 0.5) is 0 Å². The Morgan fingerprint density at radius 2 is 1.47 bits per heavy atom. The molecule has 0 bridgehead atoms. The summed E-state index contributed by atoms with van der Waals surface area (Å²) < 4.78 is 17.0. The van der Waals surface area contributed by atoms with Crippen LogP contribution in [0.1, 0.15) is 10.4 Å². The van der Waals surface area contributed by atoms with E-state index in [1.807, 2.05) is 50.3 Å². The molecule has 0 heterocycles. The van der Waals surface area contributed by atoms with Crippen molar-refractivity contribution in [3.05, 3.63) is 35.9 Å². The predicted octanol–water partition coefficient (Wildman–Crippen LogP) is 2.49. The first-order chi connectivity index (χ1) is 6.93. The zero-order chi connectivity index (χ0) is 11.9. The van der Waals surface area contributed by atoms with Gasteiger partial charge in [-0.05, 0) is 12.1 Å². The van der Waals surface area contributed by atoms with Crippen molar-refractivity contribution < 1.29 is 30.5 Å². The van der Waals surface area contributed by atoms with E-state index in [2.05, 4.69) is 0 Å². The number of hydrogen-bond acceptors (Lipinski definition) is 3. The third-order valence-electron chi connectivity index (χ3n) is 1.63. The van der Waals surface area contributed by atoms with E-state index in [1.54, 1.807) is 0 Å². The number of rotatable bonds is 2. The molecule has 0 amide bonds. The topological polar surface area (TPSA) is 51.2 Å². The normalized spacial score (nSPS) is 9.53. The second-order valence-electron chi connectivity index (χ2n) is 3.77. The van der Waals surface area contributed by atoms with Gasteiger partial charge in [-0.3, -0.25) is 0 Å². The molecule has 0 saturated heterocycles. The molecule has 0 aliphatic carbocycles. The van der Waals surface area contributed by atoms with E-state index in [9.17, 15) is 4.79 Å². The van der Waals surface area contributed by atoms with Crippen LogP contribution in [0.25, 0.3) is 0 Å². The van der Waals surface area contributed by atoms with Crippen LogP contribution in [0.15, 0.2) is 30.3 Å². The summed E-state index contributed by atoms with van der Waals surface area (Å²) in [5.41, 5.74) is 1.15. The van der Waals surface area contributed by atoms with Gasteiger partial charge in [-0.25, -0.2) is 4.79 Å². The van der Waals surface area contributed by atoms with Gasteiger partial charge in [0.25, 0.3) is 5.52 Å². The average molecular weight is 261 g/mol. The Bertz CT molecular complexity index is 351. The number of benzene rings is 1. The van der Waals surface area contributed by atoms with Gasteiger partial charge in [0.05, 0.1) is 32.8 Å². The van der Waals surface area contributed by atoms with Crippen LogP contribution in [-0.2, 0) is 25.7 Å². The van der Waals surface area contributed by atoms with Crippen molar-refractivity contribution in [3.63, 3.8) is 0 Å². The first-order valence-electron chi connectivity index (χ1n) is 4.34. The van der Waals surface area contributed by atoms with E-state index in [-0.39, 0.29) is 0 Å². The van der Waals surface area contributed by atoms with Crippen LogP contribution >= 0.6 is 7.26 Å². The molecule has 0 aromatic heterocycles. The van der Waals surface area contributed by atoms with Crippen molar-refractivity contribution in [2.45, 2.75) is 0 Å². The third kappa shape index (κ3) is 5.93. The van der Waals surface area contributed by atoms with Crippen LogP contribution in [0.3, 0.4) is 0 Å². The Hall–Kier alpha value is -0.366. The van der Waals surface area contributed by atoms with E-state index in [0.717, 1.165) is 5.56 Å². The van der Waals surface area contributed by atoms with Crippen molar-refractivity contribution in [2.75, 3.05) is 20.0 Å². The van der Waals surface area contributed by atoms with Crippen LogP contribution in [0.2, 0.25) is 0 Å². The second kappa shape index (κ2) is 7.00. The molecule has 1 rings (SSSR count). The van der Waals surface area contributed by atoms with Crippen molar-refractivity contribution >= 4 is 12.8 Å². The van der Waals surface area contributed by atoms with E-state index in [0.29, 0.717) is 5.52 Å². The Kier molecular flexibility index (Phi) is 6.83. The van der Waals surface area contributed by atoms with E-state index in [1.165, 1.54) is 0 Å². The van der Waals surface area contributed by atoms with Gasteiger partial charge in [0.15, 0.2) is 0 Å². The first-order valence-corrected chi connectivity index (χ1v) is 8.74. The number of carbonyl (C=O) groups is 1. The maximum absolute atomic E-state index is 11.7. The van der Waals surface area contributed by atoms with E-state index < -0.39 is 26.4 Å². The van der Waals surface area contributed by atoms with Crippen molar-refractivity contribution in [2.24, 2.45) is 0 Å². The summed E-state index contributed by atoms with van der Waals surface area (Å²) in [6.45, 7) is 6.13. The van der Waals surface area contributed by atoms with Crippen LogP contribution in [0, 0.1) is 0 Å². The van der Waals surface area contributed by atoms with Gasteiger partial charge in [-0.2, -0.15) is 0 Å². The molecule has 0 aliphatic heterocycles. The standard InChI is InChI=1S/C10H14OP.2O.Ti/c1-12(2,3)10(11)9-7-5-4-6-8-9;;;/h4-8H,1-3H3;;;/q+1;;;. The Morgan fingerprint density at radius 1 is 1.07 bits per heavy atom. The molecule has 0 atom stereocenters. The summed E-state index contributed by atoms with van der Waals surface area (Å²) in [5, 5.41) is 0. The molecule has 0 radical (unpaired) electrons. The fraction of sp³-hybridized carbons (Fsp3) is 0.300. The summed E-state index contributed by atoms with van der Waals surface area (Å²) in [6.07, 6.45) is 0. The maximum atomic E-state index is 11.7. The van der Waals surface area contributed by atoms with Crippen molar-refractivity contribution in [1.82, 2.24) is 0 Å². The Morgan fingerprint density at radius 3 is 1.80 bits per heavy atom. The average Bonchev–Trinajstić information content (AvgIpc) is 2.18. The number of hydrogen-bond donors (Lipinski definition) is 0. The molecule has 0 unspecified atom stereocenters. The van der Waals surface area contributed by atoms with E-state index in [4.69, 9.17) is 6.65 Å². The summed E-state index contributed by atoms with van der Waals surface area (Å²) in [7, 11) is -1.37.